The van der Waals surface area contributed by atoms with Crippen molar-refractivity contribution in [1.29, 1.82) is 0 Å². The van der Waals surface area contributed by atoms with Gasteiger partial charge in [0.25, 0.3) is 0 Å². The Kier molecular flexibility index (Phi) is 5.42. The number of ether oxygens (including phenoxy) is 1. The third-order valence-corrected chi connectivity index (χ3v) is 4.30. The van der Waals surface area contributed by atoms with Crippen LogP contribution in [0.4, 0.5) is 5.82 Å². The molecule has 2 aromatic heterocycles. The molecule has 1 aromatic carbocycles. The summed E-state index contributed by atoms with van der Waals surface area (Å²) in [7, 11) is 1.68. The van der Waals surface area contributed by atoms with E-state index in [0.29, 0.717) is 50.7 Å². The standard InChI is InChI=1S/C17H18Cl2N4O2/c1-9(6-7-24-3)20-17-16-15(21-10(2)22-17)14(23-25-16)12-5-4-11(18)8-13(12)19/h4-5,8-9H,6-7H2,1-3H3,(H,20,21,22). The van der Waals surface area contributed by atoms with E-state index in [1.54, 1.807) is 25.3 Å². The van der Waals surface area contributed by atoms with Gasteiger partial charge in [0, 0.05) is 30.3 Å². The zero-order chi connectivity index (χ0) is 18.0. The summed E-state index contributed by atoms with van der Waals surface area (Å²) in [6.07, 6.45) is 0.838. The molecule has 0 aliphatic carbocycles. The van der Waals surface area contributed by atoms with Gasteiger partial charge in [0.2, 0.25) is 5.58 Å². The van der Waals surface area contributed by atoms with Gasteiger partial charge in [-0.1, -0.05) is 28.4 Å². The smallest absolute Gasteiger partial charge is 0.228 e. The van der Waals surface area contributed by atoms with Crippen LogP contribution in [0.2, 0.25) is 10.0 Å². The molecule has 0 aliphatic heterocycles. The number of rotatable bonds is 6. The van der Waals surface area contributed by atoms with Gasteiger partial charge in [-0.3, -0.25) is 0 Å². The van der Waals surface area contributed by atoms with Crippen LogP contribution < -0.4 is 5.32 Å². The molecule has 1 atom stereocenters. The highest BCUT2D eigenvalue weighted by atomic mass is 35.5. The first-order valence-corrected chi connectivity index (χ1v) is 8.60. The Balaban J connectivity index is 2.03. The van der Waals surface area contributed by atoms with E-state index in [1.807, 2.05) is 6.92 Å². The summed E-state index contributed by atoms with van der Waals surface area (Å²) in [4.78, 5) is 8.92. The van der Waals surface area contributed by atoms with Gasteiger partial charge in [-0.15, -0.1) is 0 Å². The second kappa shape index (κ2) is 7.56. The first-order valence-electron chi connectivity index (χ1n) is 7.84. The molecule has 0 saturated carbocycles. The maximum atomic E-state index is 6.30. The summed E-state index contributed by atoms with van der Waals surface area (Å²) in [5.74, 6) is 1.22. The van der Waals surface area contributed by atoms with E-state index in [2.05, 4.69) is 27.4 Å². The van der Waals surface area contributed by atoms with Crippen LogP contribution in [0.1, 0.15) is 19.2 Å². The Hall–Kier alpha value is -1.89. The number of hydrogen-bond donors (Lipinski definition) is 1. The molecular weight excluding hydrogens is 363 g/mol. The second-order valence-corrected chi connectivity index (χ2v) is 6.62. The number of anilines is 1. The fraction of sp³-hybridized carbons (Fsp3) is 0.353. The van der Waals surface area contributed by atoms with E-state index in [9.17, 15) is 0 Å². The van der Waals surface area contributed by atoms with E-state index in [-0.39, 0.29) is 6.04 Å². The van der Waals surface area contributed by atoms with Crippen molar-refractivity contribution in [2.45, 2.75) is 26.3 Å². The number of nitrogens with zero attached hydrogens (tertiary/aromatic N) is 3. The Labute approximate surface area is 155 Å². The molecule has 0 saturated heterocycles. The van der Waals surface area contributed by atoms with Crippen molar-refractivity contribution in [2.75, 3.05) is 19.0 Å². The molecule has 2 heterocycles. The maximum Gasteiger partial charge on any atom is 0.228 e. The second-order valence-electron chi connectivity index (χ2n) is 5.78. The molecule has 1 unspecified atom stereocenters. The minimum Gasteiger partial charge on any atom is -0.385 e. The molecule has 6 nitrogen and oxygen atoms in total. The maximum absolute atomic E-state index is 6.30. The van der Waals surface area contributed by atoms with Gasteiger partial charge in [0.15, 0.2) is 5.82 Å². The summed E-state index contributed by atoms with van der Waals surface area (Å²) < 4.78 is 10.6. The van der Waals surface area contributed by atoms with Gasteiger partial charge in [-0.25, -0.2) is 9.97 Å². The fourth-order valence-electron chi connectivity index (χ4n) is 2.50. The molecule has 0 aliphatic rings. The lowest BCUT2D eigenvalue weighted by molar-refractivity contribution is 0.191. The molecule has 0 amide bonds. The van der Waals surface area contributed by atoms with Gasteiger partial charge in [-0.05, 0) is 38.5 Å². The average Bonchev–Trinajstić information content (AvgIpc) is 2.96. The first kappa shape index (κ1) is 17.9. The lowest BCUT2D eigenvalue weighted by Crippen LogP contribution is -2.18. The number of aromatic nitrogens is 3. The number of fused-ring (bicyclic) bond motifs is 1. The van der Waals surface area contributed by atoms with Gasteiger partial charge in [0.05, 0.1) is 5.02 Å². The van der Waals surface area contributed by atoms with Crippen LogP contribution in [0.3, 0.4) is 0 Å². The number of methoxy groups -OCH3 is 1. The molecule has 25 heavy (non-hydrogen) atoms. The zero-order valence-corrected chi connectivity index (χ0v) is 15.6. The molecule has 3 rings (SSSR count). The Morgan fingerprint density at radius 3 is 2.80 bits per heavy atom. The Morgan fingerprint density at radius 2 is 2.08 bits per heavy atom. The van der Waals surface area contributed by atoms with Crippen LogP contribution >= 0.6 is 23.2 Å². The van der Waals surface area contributed by atoms with Gasteiger partial charge in [0.1, 0.15) is 17.0 Å². The SMILES string of the molecule is COCCC(C)Nc1nc(C)nc2c(-c3ccc(Cl)cc3Cl)noc12. The van der Waals surface area contributed by atoms with Crippen molar-refractivity contribution in [3.8, 4) is 11.3 Å². The van der Waals surface area contributed by atoms with E-state index in [1.165, 1.54) is 0 Å². The van der Waals surface area contributed by atoms with Crippen molar-refractivity contribution in [3.05, 3.63) is 34.1 Å². The van der Waals surface area contributed by atoms with Crippen molar-refractivity contribution in [2.24, 2.45) is 0 Å². The molecular formula is C17H18Cl2N4O2. The van der Waals surface area contributed by atoms with Crippen molar-refractivity contribution in [3.63, 3.8) is 0 Å². The van der Waals surface area contributed by atoms with Crippen LogP contribution in [0.15, 0.2) is 22.7 Å². The average molecular weight is 381 g/mol. The highest BCUT2D eigenvalue weighted by molar-refractivity contribution is 6.36. The summed E-state index contributed by atoms with van der Waals surface area (Å²) in [6.45, 7) is 4.53. The quantitative estimate of drug-likeness (QED) is 0.665. The largest absolute Gasteiger partial charge is 0.385 e. The molecule has 0 bridgehead atoms. The van der Waals surface area contributed by atoms with Gasteiger partial charge < -0.3 is 14.6 Å². The number of halogens is 2. The minimum absolute atomic E-state index is 0.158. The third kappa shape index (κ3) is 3.86. The lowest BCUT2D eigenvalue weighted by Gasteiger charge is -2.14. The summed E-state index contributed by atoms with van der Waals surface area (Å²) in [5.41, 5.74) is 2.38. The predicted octanol–water partition coefficient (Wildman–Crippen LogP) is 4.74. The Morgan fingerprint density at radius 1 is 1.28 bits per heavy atom. The van der Waals surface area contributed by atoms with E-state index >= 15 is 0 Å². The molecule has 0 spiro atoms. The molecule has 1 N–H and O–H groups in total. The zero-order valence-electron chi connectivity index (χ0n) is 14.1. The van der Waals surface area contributed by atoms with E-state index < -0.39 is 0 Å². The number of aryl methyl sites for hydroxylation is 1. The van der Waals surface area contributed by atoms with Gasteiger partial charge in [-0.2, -0.15) is 0 Å². The van der Waals surface area contributed by atoms with Crippen molar-refractivity contribution >= 4 is 40.1 Å². The van der Waals surface area contributed by atoms with E-state index in [0.717, 1.165) is 6.42 Å². The van der Waals surface area contributed by atoms with Crippen molar-refractivity contribution in [1.82, 2.24) is 15.1 Å². The number of hydrogen-bond acceptors (Lipinski definition) is 6. The van der Waals surface area contributed by atoms with Gasteiger partial charge >= 0.3 is 0 Å². The lowest BCUT2D eigenvalue weighted by atomic mass is 10.1. The number of benzene rings is 1. The molecule has 0 radical (unpaired) electrons. The van der Waals surface area contributed by atoms with Crippen LogP contribution in [0.5, 0.6) is 0 Å². The van der Waals surface area contributed by atoms with Crippen LogP contribution in [-0.4, -0.2) is 34.9 Å². The third-order valence-electron chi connectivity index (χ3n) is 3.75. The molecule has 8 heteroatoms. The summed E-state index contributed by atoms with van der Waals surface area (Å²) in [5, 5.41) is 8.53. The normalized spacial score (nSPS) is 12.5. The topological polar surface area (TPSA) is 73.1 Å². The van der Waals surface area contributed by atoms with Crippen LogP contribution in [0, 0.1) is 6.92 Å². The monoisotopic (exact) mass is 380 g/mol. The molecule has 0 fully saturated rings. The minimum atomic E-state index is 0.158. The highest BCUT2D eigenvalue weighted by Gasteiger charge is 2.20. The number of nitrogens with one attached hydrogen (secondary N) is 1. The molecule has 3 aromatic rings. The predicted molar refractivity (Wildman–Crippen MR) is 99.4 cm³/mol. The molecule has 132 valence electrons. The van der Waals surface area contributed by atoms with E-state index in [4.69, 9.17) is 32.5 Å². The van der Waals surface area contributed by atoms with Crippen LogP contribution in [0.25, 0.3) is 22.4 Å². The Bertz CT molecular complexity index is 898. The summed E-state index contributed by atoms with van der Waals surface area (Å²) in [6, 6.07) is 5.38. The van der Waals surface area contributed by atoms with Crippen LogP contribution in [-0.2, 0) is 4.74 Å². The fourth-order valence-corrected chi connectivity index (χ4v) is 3.00. The first-order chi connectivity index (χ1) is 12.0. The highest BCUT2D eigenvalue weighted by Crippen LogP contribution is 2.35. The van der Waals surface area contributed by atoms with Crippen molar-refractivity contribution < 1.29 is 9.26 Å². The summed E-state index contributed by atoms with van der Waals surface area (Å²) >= 11 is 12.3.